The maximum absolute atomic E-state index is 11.2. The molecule has 1 aromatic rings. The van der Waals surface area contributed by atoms with E-state index >= 15 is 0 Å². The highest BCUT2D eigenvalue weighted by atomic mass is 16.5. The van der Waals surface area contributed by atoms with Crippen molar-refractivity contribution in [1.29, 1.82) is 5.26 Å². The van der Waals surface area contributed by atoms with E-state index < -0.39 is 0 Å². The molecule has 0 aliphatic heterocycles. The molecule has 1 aromatic heterocycles. The van der Waals surface area contributed by atoms with E-state index in [2.05, 4.69) is 4.99 Å². The Balaban J connectivity index is 2.91. The number of aromatic nitrogens is 1. The fourth-order valence-corrected chi connectivity index (χ4v) is 1.10. The molecule has 1 heterocycles. The molecule has 0 atom stereocenters. The highest BCUT2D eigenvalue weighted by Gasteiger charge is 2.02. The first-order chi connectivity index (χ1) is 7.27. The van der Waals surface area contributed by atoms with Crippen molar-refractivity contribution in [3.8, 4) is 6.19 Å². The van der Waals surface area contributed by atoms with Crippen molar-refractivity contribution in [2.45, 2.75) is 13.5 Å². The number of nitriles is 1. The molecular weight excluding hydrogens is 194 g/mol. The Kier molecular flexibility index (Phi) is 4.10. The molecule has 0 fully saturated rings. The average Bonchev–Trinajstić information content (AvgIpc) is 2.21. The Morgan fingerprint density at radius 2 is 2.47 bits per heavy atom. The van der Waals surface area contributed by atoms with Crippen LogP contribution < -0.4 is 5.49 Å². The summed E-state index contributed by atoms with van der Waals surface area (Å²) in [5, 5.41) is 8.44. The average molecular weight is 205 g/mol. The molecule has 0 saturated carbocycles. The van der Waals surface area contributed by atoms with Crippen LogP contribution in [0.5, 0.6) is 0 Å². The fraction of sp³-hybridized carbons (Fsp3) is 0.300. The van der Waals surface area contributed by atoms with Gasteiger partial charge in [-0.15, -0.1) is 0 Å². The Labute approximate surface area is 87.2 Å². The molecule has 5 heteroatoms. The Morgan fingerprint density at radius 3 is 3.13 bits per heavy atom. The van der Waals surface area contributed by atoms with Crippen LogP contribution in [0.4, 0.5) is 0 Å². The number of nitrogens with zero attached hydrogens (tertiary/aromatic N) is 3. The maximum atomic E-state index is 11.2. The molecule has 0 aromatic carbocycles. The summed E-state index contributed by atoms with van der Waals surface area (Å²) in [6.07, 6.45) is 3.36. The van der Waals surface area contributed by atoms with Gasteiger partial charge in [-0.25, -0.2) is 0 Å². The molecule has 0 amide bonds. The number of hydrogen-bond acceptors (Lipinski definition) is 4. The van der Waals surface area contributed by atoms with E-state index in [1.165, 1.54) is 0 Å². The van der Waals surface area contributed by atoms with Gasteiger partial charge in [0.05, 0.1) is 6.61 Å². The van der Waals surface area contributed by atoms with Crippen LogP contribution in [-0.2, 0) is 16.1 Å². The van der Waals surface area contributed by atoms with Crippen molar-refractivity contribution in [3.05, 3.63) is 29.9 Å². The highest BCUT2D eigenvalue weighted by Crippen LogP contribution is 1.86. The number of pyridine rings is 1. The van der Waals surface area contributed by atoms with E-state index in [9.17, 15) is 4.79 Å². The SMILES string of the molecule is CCOC(=O)Cn1cccc/c1=N\C#N. The van der Waals surface area contributed by atoms with Crippen molar-refractivity contribution in [1.82, 2.24) is 4.57 Å². The van der Waals surface area contributed by atoms with Crippen LogP contribution in [0.1, 0.15) is 6.92 Å². The van der Waals surface area contributed by atoms with Gasteiger partial charge < -0.3 is 9.30 Å². The quantitative estimate of drug-likeness (QED) is 0.531. The standard InChI is InChI=1S/C10H11N3O2/c1-2-15-10(14)7-13-6-4-3-5-9(13)12-8-11/h3-6H,2,7H2,1H3/b12-9+. The van der Waals surface area contributed by atoms with Crippen LogP contribution in [0, 0.1) is 11.5 Å². The largest absolute Gasteiger partial charge is 0.465 e. The molecule has 15 heavy (non-hydrogen) atoms. The zero-order valence-electron chi connectivity index (χ0n) is 8.38. The topological polar surface area (TPSA) is 67.4 Å². The maximum Gasteiger partial charge on any atom is 0.325 e. The molecule has 0 aliphatic rings. The summed E-state index contributed by atoms with van der Waals surface area (Å²) in [6.45, 7) is 2.15. The van der Waals surface area contributed by atoms with Gasteiger partial charge in [-0.2, -0.15) is 10.3 Å². The lowest BCUT2D eigenvalue weighted by atomic mass is 10.4. The summed E-state index contributed by atoms with van der Waals surface area (Å²) in [5.74, 6) is -0.344. The lowest BCUT2D eigenvalue weighted by Gasteiger charge is -2.05. The predicted molar refractivity (Wildman–Crippen MR) is 52.2 cm³/mol. The number of esters is 1. The van der Waals surface area contributed by atoms with Crippen LogP contribution in [-0.4, -0.2) is 17.1 Å². The van der Waals surface area contributed by atoms with Crippen LogP contribution in [0.15, 0.2) is 29.4 Å². The second-order valence-corrected chi connectivity index (χ2v) is 2.70. The lowest BCUT2D eigenvalue weighted by molar-refractivity contribution is -0.143. The number of rotatable bonds is 3. The van der Waals surface area contributed by atoms with E-state index in [0.717, 1.165) is 0 Å². The minimum absolute atomic E-state index is 0.0647. The second kappa shape index (κ2) is 5.60. The van der Waals surface area contributed by atoms with Gasteiger partial charge in [0.2, 0.25) is 6.19 Å². The summed E-state index contributed by atoms with van der Waals surface area (Å²) >= 11 is 0. The monoisotopic (exact) mass is 205 g/mol. The summed E-state index contributed by atoms with van der Waals surface area (Å²) in [6, 6.07) is 5.16. The van der Waals surface area contributed by atoms with Gasteiger partial charge in [-0.1, -0.05) is 6.07 Å². The van der Waals surface area contributed by atoms with Gasteiger partial charge in [0.1, 0.15) is 12.0 Å². The molecule has 0 aliphatic carbocycles. The second-order valence-electron chi connectivity index (χ2n) is 2.70. The van der Waals surface area contributed by atoms with Gasteiger partial charge in [-0.3, -0.25) is 4.79 Å². The van der Waals surface area contributed by atoms with Crippen molar-refractivity contribution in [2.24, 2.45) is 4.99 Å². The molecule has 0 spiro atoms. The van der Waals surface area contributed by atoms with Gasteiger partial charge in [0.15, 0.2) is 0 Å². The van der Waals surface area contributed by atoms with Gasteiger partial charge in [0, 0.05) is 6.20 Å². The van der Waals surface area contributed by atoms with E-state index in [4.69, 9.17) is 10.00 Å². The third kappa shape index (κ3) is 3.27. The molecule has 0 N–H and O–H groups in total. The van der Waals surface area contributed by atoms with E-state index in [1.807, 2.05) is 0 Å². The Hall–Kier alpha value is -2.09. The summed E-state index contributed by atoms with van der Waals surface area (Å²) in [5.41, 5.74) is 0.438. The minimum Gasteiger partial charge on any atom is -0.465 e. The fourth-order valence-electron chi connectivity index (χ4n) is 1.10. The number of hydrogen-bond donors (Lipinski definition) is 0. The highest BCUT2D eigenvalue weighted by molar-refractivity contribution is 5.69. The van der Waals surface area contributed by atoms with Crippen LogP contribution in [0.2, 0.25) is 0 Å². The zero-order chi connectivity index (χ0) is 11.1. The molecule has 0 radical (unpaired) electrons. The van der Waals surface area contributed by atoms with E-state index in [-0.39, 0.29) is 12.5 Å². The molecule has 78 valence electrons. The molecule has 5 nitrogen and oxygen atoms in total. The van der Waals surface area contributed by atoms with Crippen LogP contribution >= 0.6 is 0 Å². The third-order valence-corrected chi connectivity index (χ3v) is 1.69. The number of ether oxygens (including phenoxy) is 1. The smallest absolute Gasteiger partial charge is 0.325 e. The van der Waals surface area contributed by atoms with E-state index in [1.54, 1.807) is 42.1 Å². The van der Waals surface area contributed by atoms with E-state index in [0.29, 0.717) is 12.1 Å². The van der Waals surface area contributed by atoms with Crippen molar-refractivity contribution in [2.75, 3.05) is 6.61 Å². The van der Waals surface area contributed by atoms with Gasteiger partial charge >= 0.3 is 5.97 Å². The Morgan fingerprint density at radius 1 is 1.67 bits per heavy atom. The lowest BCUT2D eigenvalue weighted by Crippen LogP contribution is -2.24. The minimum atomic E-state index is -0.344. The normalized spacial score (nSPS) is 10.8. The van der Waals surface area contributed by atoms with Crippen LogP contribution in [0.3, 0.4) is 0 Å². The summed E-state index contributed by atoms with van der Waals surface area (Å²) in [4.78, 5) is 14.8. The van der Waals surface area contributed by atoms with Crippen molar-refractivity contribution < 1.29 is 9.53 Å². The molecular formula is C10H11N3O2. The first-order valence-corrected chi connectivity index (χ1v) is 4.52. The van der Waals surface area contributed by atoms with Gasteiger partial charge in [-0.05, 0) is 19.1 Å². The summed E-state index contributed by atoms with van der Waals surface area (Å²) < 4.78 is 6.35. The number of carbonyl (C=O) groups excluding carboxylic acids is 1. The first-order valence-electron chi connectivity index (χ1n) is 4.52. The molecule has 0 saturated heterocycles. The molecule has 0 unspecified atom stereocenters. The third-order valence-electron chi connectivity index (χ3n) is 1.69. The van der Waals surface area contributed by atoms with Crippen molar-refractivity contribution >= 4 is 5.97 Å². The summed E-state index contributed by atoms with van der Waals surface area (Å²) in [7, 11) is 0. The van der Waals surface area contributed by atoms with Gasteiger partial charge in [0.25, 0.3) is 0 Å². The van der Waals surface area contributed by atoms with Crippen molar-refractivity contribution in [3.63, 3.8) is 0 Å². The predicted octanol–water partition coefficient (Wildman–Crippen LogP) is 0.433. The van der Waals surface area contributed by atoms with Crippen LogP contribution in [0.25, 0.3) is 0 Å². The molecule has 0 bridgehead atoms. The zero-order valence-corrected chi connectivity index (χ0v) is 8.38. The Bertz CT molecular complexity index is 442. The first kappa shape index (κ1) is 11.0. The number of carbonyl (C=O) groups is 1. The molecule has 1 rings (SSSR count).